The van der Waals surface area contributed by atoms with Gasteiger partial charge in [-0.2, -0.15) is 0 Å². The fourth-order valence-electron chi connectivity index (χ4n) is 2.42. The number of unbranched alkanes of at least 4 members (excludes halogenated alkanes) is 2. The molecule has 0 fully saturated rings. The van der Waals surface area contributed by atoms with Crippen molar-refractivity contribution in [3.8, 4) is 5.75 Å². The first-order chi connectivity index (χ1) is 12.1. The second-order valence-corrected chi connectivity index (χ2v) is 6.15. The second-order valence-electron chi connectivity index (χ2n) is 6.15. The molecule has 0 saturated carbocycles. The Balaban J connectivity index is 1.59. The summed E-state index contributed by atoms with van der Waals surface area (Å²) in [5.41, 5.74) is 2.95. The Labute approximate surface area is 149 Å². The Hall–Kier alpha value is -2.62. The summed E-state index contributed by atoms with van der Waals surface area (Å²) in [5.74, 6) is 0.328. The van der Waals surface area contributed by atoms with Crippen LogP contribution >= 0.6 is 0 Å². The number of carbonyl (C=O) groups excluding carboxylic acids is 2. The summed E-state index contributed by atoms with van der Waals surface area (Å²) in [6, 6.07) is 14.8. The van der Waals surface area contributed by atoms with E-state index >= 15 is 0 Å². The van der Waals surface area contributed by atoms with Crippen molar-refractivity contribution >= 4 is 11.9 Å². The van der Waals surface area contributed by atoms with Crippen LogP contribution in [0.5, 0.6) is 5.75 Å². The van der Waals surface area contributed by atoms with E-state index < -0.39 is 0 Å². The predicted molar refractivity (Wildman–Crippen MR) is 98.8 cm³/mol. The molecule has 0 heterocycles. The van der Waals surface area contributed by atoms with Gasteiger partial charge in [0.2, 0.25) is 0 Å². The minimum absolute atomic E-state index is 0.0604. The summed E-state index contributed by atoms with van der Waals surface area (Å²) in [4.78, 5) is 23.7. The van der Waals surface area contributed by atoms with Crippen LogP contribution in [0.2, 0.25) is 0 Å². The molecule has 2 aromatic rings. The molecule has 0 atom stereocenters. The highest BCUT2D eigenvalue weighted by Gasteiger charge is 2.06. The van der Waals surface area contributed by atoms with Crippen molar-refractivity contribution in [1.29, 1.82) is 0 Å². The number of rotatable bonds is 8. The van der Waals surface area contributed by atoms with E-state index in [2.05, 4.69) is 5.32 Å². The third-order valence-electron chi connectivity index (χ3n) is 4.09. The number of carbonyl (C=O) groups is 2. The zero-order valence-corrected chi connectivity index (χ0v) is 14.9. The molecule has 1 N–H and O–H groups in total. The van der Waals surface area contributed by atoms with Crippen LogP contribution in [0.25, 0.3) is 0 Å². The molecule has 0 aliphatic rings. The molecule has 0 spiro atoms. The summed E-state index contributed by atoms with van der Waals surface area (Å²) in [6.45, 7) is 4.63. The molecule has 1 amide bonds. The fourth-order valence-corrected chi connectivity index (χ4v) is 2.42. The maximum absolute atomic E-state index is 11.9. The van der Waals surface area contributed by atoms with Crippen LogP contribution in [0.3, 0.4) is 0 Å². The van der Waals surface area contributed by atoms with Crippen molar-refractivity contribution in [2.24, 2.45) is 0 Å². The highest BCUT2D eigenvalue weighted by molar-refractivity contribution is 5.94. The molecule has 0 unspecified atom stereocenters. The Morgan fingerprint density at radius 2 is 1.68 bits per heavy atom. The monoisotopic (exact) mass is 339 g/mol. The summed E-state index contributed by atoms with van der Waals surface area (Å²) < 4.78 is 5.34. The van der Waals surface area contributed by atoms with Gasteiger partial charge < -0.3 is 10.1 Å². The van der Waals surface area contributed by atoms with E-state index in [9.17, 15) is 9.59 Å². The van der Waals surface area contributed by atoms with Crippen molar-refractivity contribution in [3.63, 3.8) is 0 Å². The van der Waals surface area contributed by atoms with Crippen LogP contribution in [-0.4, -0.2) is 18.4 Å². The third-order valence-corrected chi connectivity index (χ3v) is 4.09. The van der Waals surface area contributed by atoms with Crippen molar-refractivity contribution in [1.82, 2.24) is 5.32 Å². The summed E-state index contributed by atoms with van der Waals surface area (Å²) in [5, 5.41) is 2.88. The van der Waals surface area contributed by atoms with Crippen molar-refractivity contribution < 1.29 is 14.3 Å². The number of nitrogens with one attached hydrogen (secondary N) is 1. The molecule has 0 aromatic heterocycles. The molecule has 0 radical (unpaired) electrons. The van der Waals surface area contributed by atoms with Gasteiger partial charge >= 0.3 is 5.97 Å². The average Bonchev–Trinajstić information content (AvgIpc) is 2.61. The SMILES string of the molecule is Cc1ccc(OC(=O)CCCCCNC(=O)c2ccccc2)cc1C. The first-order valence-corrected chi connectivity index (χ1v) is 8.67. The first-order valence-electron chi connectivity index (χ1n) is 8.67. The average molecular weight is 339 g/mol. The van der Waals surface area contributed by atoms with Crippen LogP contribution in [0, 0.1) is 13.8 Å². The molecule has 0 bridgehead atoms. The zero-order valence-electron chi connectivity index (χ0n) is 14.9. The summed E-state index contributed by atoms with van der Waals surface area (Å²) >= 11 is 0. The van der Waals surface area contributed by atoms with Crippen LogP contribution in [-0.2, 0) is 4.79 Å². The molecular weight excluding hydrogens is 314 g/mol. The van der Waals surface area contributed by atoms with Crippen LogP contribution in [0.15, 0.2) is 48.5 Å². The van der Waals surface area contributed by atoms with Gasteiger partial charge in [-0.1, -0.05) is 30.7 Å². The van der Waals surface area contributed by atoms with Crippen molar-refractivity contribution in [2.45, 2.75) is 39.5 Å². The van der Waals surface area contributed by atoms with Crippen molar-refractivity contribution in [2.75, 3.05) is 6.54 Å². The number of hydrogen-bond donors (Lipinski definition) is 1. The second kappa shape index (κ2) is 9.62. The van der Waals surface area contributed by atoms with Crippen LogP contribution in [0.1, 0.15) is 47.2 Å². The Morgan fingerprint density at radius 3 is 2.40 bits per heavy atom. The largest absolute Gasteiger partial charge is 0.427 e. The number of amides is 1. The van der Waals surface area contributed by atoms with E-state index in [-0.39, 0.29) is 11.9 Å². The predicted octanol–water partition coefficient (Wildman–Crippen LogP) is 4.20. The molecule has 0 saturated heterocycles. The lowest BCUT2D eigenvalue weighted by Crippen LogP contribution is -2.24. The smallest absolute Gasteiger partial charge is 0.311 e. The maximum Gasteiger partial charge on any atom is 0.311 e. The van der Waals surface area contributed by atoms with Gasteiger partial charge in [0.1, 0.15) is 5.75 Å². The highest BCUT2D eigenvalue weighted by Crippen LogP contribution is 2.17. The molecule has 4 heteroatoms. The Bertz CT molecular complexity index is 710. The number of esters is 1. The maximum atomic E-state index is 11.9. The standard InChI is InChI=1S/C21H25NO3/c1-16-12-13-19(15-17(16)2)25-20(23)11-7-4-8-14-22-21(24)18-9-5-3-6-10-18/h3,5-6,9-10,12-13,15H,4,7-8,11,14H2,1-2H3,(H,22,24). The van der Waals surface area contributed by atoms with Crippen LogP contribution < -0.4 is 10.1 Å². The van der Waals surface area contributed by atoms with Gasteiger partial charge in [0.05, 0.1) is 0 Å². The molecule has 0 aliphatic heterocycles. The number of aryl methyl sites for hydroxylation is 2. The van der Waals surface area contributed by atoms with Gasteiger partial charge in [0.15, 0.2) is 0 Å². The third kappa shape index (κ3) is 6.42. The lowest BCUT2D eigenvalue weighted by molar-refractivity contribution is -0.134. The van der Waals surface area contributed by atoms with E-state index in [1.807, 2.05) is 50.2 Å². The topological polar surface area (TPSA) is 55.4 Å². The highest BCUT2D eigenvalue weighted by atomic mass is 16.5. The summed E-state index contributed by atoms with van der Waals surface area (Å²) in [6.07, 6.45) is 2.86. The van der Waals surface area contributed by atoms with E-state index in [4.69, 9.17) is 4.74 Å². The number of benzene rings is 2. The molecule has 0 aliphatic carbocycles. The number of hydrogen-bond acceptors (Lipinski definition) is 3. The lowest BCUT2D eigenvalue weighted by atomic mass is 10.1. The number of ether oxygens (including phenoxy) is 1. The Kier molecular flexibility index (Phi) is 7.20. The van der Waals surface area contributed by atoms with E-state index in [0.717, 1.165) is 24.8 Å². The molecule has 132 valence electrons. The normalized spacial score (nSPS) is 10.3. The molecule has 25 heavy (non-hydrogen) atoms. The minimum Gasteiger partial charge on any atom is -0.427 e. The summed E-state index contributed by atoms with van der Waals surface area (Å²) in [7, 11) is 0. The zero-order chi connectivity index (χ0) is 18.1. The van der Waals surface area contributed by atoms with Gasteiger partial charge in [-0.05, 0) is 62.1 Å². The van der Waals surface area contributed by atoms with Crippen molar-refractivity contribution in [3.05, 3.63) is 65.2 Å². The quantitative estimate of drug-likeness (QED) is 0.445. The molecule has 4 nitrogen and oxygen atoms in total. The van der Waals surface area contributed by atoms with Gasteiger partial charge in [-0.3, -0.25) is 9.59 Å². The first kappa shape index (κ1) is 18.7. The van der Waals surface area contributed by atoms with Crippen LogP contribution in [0.4, 0.5) is 0 Å². The van der Waals surface area contributed by atoms with Gasteiger partial charge in [-0.15, -0.1) is 0 Å². The molecule has 2 aromatic carbocycles. The minimum atomic E-state index is -0.212. The van der Waals surface area contributed by atoms with E-state index in [1.54, 1.807) is 12.1 Å². The lowest BCUT2D eigenvalue weighted by Gasteiger charge is -2.07. The molecule has 2 rings (SSSR count). The fraction of sp³-hybridized carbons (Fsp3) is 0.333. The van der Waals surface area contributed by atoms with Gasteiger partial charge in [0, 0.05) is 18.5 Å². The molecular formula is C21H25NO3. The van der Waals surface area contributed by atoms with E-state index in [1.165, 1.54) is 5.56 Å². The van der Waals surface area contributed by atoms with E-state index in [0.29, 0.717) is 24.3 Å². The van der Waals surface area contributed by atoms with Gasteiger partial charge in [0.25, 0.3) is 5.91 Å². The Morgan fingerprint density at radius 1 is 0.920 bits per heavy atom. The van der Waals surface area contributed by atoms with Gasteiger partial charge in [-0.25, -0.2) is 0 Å².